The Morgan fingerprint density at radius 1 is 0.972 bits per heavy atom. The van der Waals surface area contributed by atoms with Gasteiger partial charge in [0.25, 0.3) is 11.8 Å². The van der Waals surface area contributed by atoms with Gasteiger partial charge in [-0.05, 0) is 95.6 Å². The lowest BCUT2D eigenvalue weighted by atomic mass is 9.79. The number of alkyl carbamates (subject to hydrolysis) is 1. The molecule has 394 valence electrons. The van der Waals surface area contributed by atoms with Gasteiger partial charge in [-0.15, -0.1) is 16.8 Å². The Morgan fingerprint density at radius 2 is 1.67 bits per heavy atom. The molecule has 1 aromatic carbocycles. The van der Waals surface area contributed by atoms with E-state index in [0.717, 1.165) is 11.1 Å². The number of allylic oxidation sites excluding steroid dienone is 3. The molecule has 1 saturated carbocycles. The number of nitrogens with one attached hydrogen (secondary N) is 1. The fraction of sp³-hybridized carbons (Fsp3) is 0.640. The Balaban J connectivity index is 0.955. The number of aliphatic hydroxyl groups is 1. The van der Waals surface area contributed by atoms with Crippen molar-refractivity contribution in [3.8, 4) is 5.75 Å². The first-order chi connectivity index (χ1) is 34.0. The van der Waals surface area contributed by atoms with Crippen LogP contribution in [0.3, 0.4) is 0 Å². The smallest absolute Gasteiger partial charge is 0.409 e. The number of nitrogens with zero attached hydrogens (tertiary/aromatic N) is 3. The summed E-state index contributed by atoms with van der Waals surface area (Å²) in [4.78, 5) is 112. The lowest BCUT2D eigenvalue weighted by Gasteiger charge is -2.53. The Labute approximate surface area is 427 Å². The zero-order valence-electron chi connectivity index (χ0n) is 41.7. The fourth-order valence-electron chi connectivity index (χ4n) is 9.95. The third kappa shape index (κ3) is 12.3. The summed E-state index contributed by atoms with van der Waals surface area (Å²) >= 11 is 8.13. The van der Waals surface area contributed by atoms with Crippen LogP contribution >= 0.6 is 23.4 Å². The molecule has 7 atom stereocenters. The lowest BCUT2D eigenvalue weighted by molar-refractivity contribution is -0.282. The topological polar surface area (TPSA) is 243 Å². The number of hydrogen-bond donors (Lipinski definition) is 2. The summed E-state index contributed by atoms with van der Waals surface area (Å²) in [5.41, 5.74) is -2.60. The number of hydrogen-bond acceptors (Lipinski definition) is 17. The van der Waals surface area contributed by atoms with Crippen LogP contribution in [-0.2, 0) is 68.5 Å². The van der Waals surface area contributed by atoms with Crippen molar-refractivity contribution < 1.29 is 76.7 Å². The highest BCUT2D eigenvalue weighted by atomic mass is 35.5. The van der Waals surface area contributed by atoms with E-state index in [0.29, 0.717) is 60.8 Å². The van der Waals surface area contributed by atoms with Gasteiger partial charge < -0.3 is 43.3 Å². The number of anilines is 1. The van der Waals surface area contributed by atoms with Crippen molar-refractivity contribution >= 4 is 76.6 Å². The first-order valence-electron chi connectivity index (χ1n) is 24.3. The van der Waals surface area contributed by atoms with Gasteiger partial charge in [0.1, 0.15) is 34.7 Å². The fourth-order valence-corrected chi connectivity index (χ4v) is 11.4. The molecule has 1 aliphatic carbocycles. The second kappa shape index (κ2) is 22.6. The Hall–Kier alpha value is -5.06. The number of fused-ring (bicyclic) bond motifs is 6. The number of amides is 6. The maximum atomic E-state index is 14.3. The average Bonchev–Trinajstić information content (AvgIpc) is 3.78. The minimum atomic E-state index is -1.87. The first-order valence-corrected chi connectivity index (χ1v) is 25.7. The molecule has 6 bridgehead atoms. The zero-order chi connectivity index (χ0) is 52.3. The van der Waals surface area contributed by atoms with E-state index in [9.17, 15) is 43.5 Å². The first kappa shape index (κ1) is 54.7. The number of imide groups is 2. The molecule has 6 amide bonds. The molecule has 2 unspecified atom stereocenters. The highest BCUT2D eigenvalue weighted by Gasteiger charge is 2.57. The zero-order valence-corrected chi connectivity index (χ0v) is 43.3. The number of thioether (sulfide) groups is 1. The minimum absolute atomic E-state index is 0.00698. The van der Waals surface area contributed by atoms with Crippen LogP contribution in [0.1, 0.15) is 104 Å². The van der Waals surface area contributed by atoms with Gasteiger partial charge in [0.2, 0.25) is 17.7 Å². The van der Waals surface area contributed by atoms with Crippen LogP contribution in [0.25, 0.3) is 0 Å². The molecular weight excluding hydrogens is 980 g/mol. The maximum Gasteiger partial charge on any atom is 0.409 e. The van der Waals surface area contributed by atoms with Gasteiger partial charge in [0.15, 0.2) is 11.3 Å². The summed E-state index contributed by atoms with van der Waals surface area (Å²) in [6.07, 6.45) is 3.12. The third-order valence-corrected chi connectivity index (χ3v) is 16.0. The number of benzene rings is 1. The van der Waals surface area contributed by atoms with Crippen LogP contribution in [0.4, 0.5) is 10.5 Å². The van der Waals surface area contributed by atoms with E-state index in [1.165, 1.54) is 35.8 Å². The summed E-state index contributed by atoms with van der Waals surface area (Å²) in [5.74, 6) is -3.20. The van der Waals surface area contributed by atoms with Crippen molar-refractivity contribution in [2.75, 3.05) is 45.1 Å². The number of hydroxylamine groups is 2. The van der Waals surface area contributed by atoms with Crippen molar-refractivity contribution in [2.45, 2.75) is 151 Å². The van der Waals surface area contributed by atoms with E-state index in [2.05, 4.69) is 5.32 Å². The van der Waals surface area contributed by atoms with E-state index in [4.69, 9.17) is 44.9 Å². The predicted octanol–water partition coefficient (Wildman–Crippen LogP) is 4.88. The summed E-state index contributed by atoms with van der Waals surface area (Å²) in [7, 11) is 4.45. The normalized spacial score (nSPS) is 31.6. The second-order valence-electron chi connectivity index (χ2n) is 20.1. The SMILES string of the molecule is COc1cc2cc(c1Cl)N(C)C(=O)C[C@H](OC(=O)C(C)(C)OCCCSC1CC(=O)N(C[C@H]3CC[C@H](C(=O)ON4C(=O)CCC4=O)CC3)C1=O)[C@@]1(C)C[C@@H](O1)C1C[C@@](O)(NC(=O)O1)[C@H](OC)/C=C/C=C(\C)C2. The molecule has 0 aromatic heterocycles. The molecule has 4 saturated heterocycles. The van der Waals surface area contributed by atoms with Crippen molar-refractivity contribution in [1.82, 2.24) is 15.3 Å². The Kier molecular flexibility index (Phi) is 17.2. The van der Waals surface area contributed by atoms with Crippen LogP contribution in [-0.4, -0.2) is 149 Å². The number of carbonyl (C=O) groups excluding carboxylic acids is 8. The monoisotopic (exact) mass is 1040 g/mol. The predicted molar refractivity (Wildman–Crippen MR) is 259 cm³/mol. The number of rotatable bonds is 14. The molecule has 20 nitrogen and oxygen atoms in total. The van der Waals surface area contributed by atoms with Gasteiger partial charge in [-0.1, -0.05) is 35.4 Å². The Morgan fingerprint density at radius 3 is 2.33 bits per heavy atom. The molecule has 22 heteroatoms. The molecular formula is C50H65ClN4O16S. The van der Waals surface area contributed by atoms with E-state index in [1.807, 2.05) is 13.0 Å². The molecule has 5 fully saturated rings. The van der Waals surface area contributed by atoms with Gasteiger partial charge in [0, 0.05) is 59.4 Å². The van der Waals surface area contributed by atoms with Crippen LogP contribution in [0.15, 0.2) is 35.9 Å². The average molecular weight is 1050 g/mol. The van der Waals surface area contributed by atoms with Crippen molar-refractivity contribution in [3.05, 3.63) is 46.5 Å². The summed E-state index contributed by atoms with van der Waals surface area (Å²) < 4.78 is 35.5. The number of esters is 1. The molecule has 2 N–H and O–H groups in total. The number of ether oxygens (including phenoxy) is 6. The van der Waals surface area contributed by atoms with Crippen LogP contribution in [0.5, 0.6) is 5.75 Å². The van der Waals surface area contributed by atoms with Gasteiger partial charge >= 0.3 is 18.0 Å². The van der Waals surface area contributed by atoms with E-state index >= 15 is 0 Å². The molecule has 7 aliphatic rings. The van der Waals surface area contributed by atoms with Gasteiger partial charge in [0.05, 0.1) is 36.5 Å². The molecule has 6 aliphatic heterocycles. The number of carbonyl (C=O) groups is 8. The minimum Gasteiger partial charge on any atom is -0.495 e. The van der Waals surface area contributed by atoms with Gasteiger partial charge in [-0.25, -0.2) is 14.4 Å². The number of methoxy groups -OCH3 is 2. The lowest BCUT2D eigenvalue weighted by Crippen LogP contribution is -2.68. The molecule has 8 rings (SSSR count). The van der Waals surface area contributed by atoms with Crippen LogP contribution < -0.4 is 15.0 Å². The van der Waals surface area contributed by atoms with Crippen LogP contribution in [0.2, 0.25) is 5.02 Å². The molecule has 1 aromatic rings. The quantitative estimate of drug-likeness (QED) is 0.143. The Bertz CT molecular complexity index is 2350. The highest BCUT2D eigenvalue weighted by Crippen LogP contribution is 2.45. The maximum absolute atomic E-state index is 14.3. The summed E-state index contributed by atoms with van der Waals surface area (Å²) in [6, 6.07) is 3.56. The van der Waals surface area contributed by atoms with Crippen molar-refractivity contribution in [1.29, 1.82) is 0 Å². The van der Waals surface area contributed by atoms with Gasteiger partial charge in [-0.2, -0.15) is 0 Å². The number of likely N-dealkylation sites (tertiary alicyclic amines) is 1. The van der Waals surface area contributed by atoms with Crippen molar-refractivity contribution in [3.63, 3.8) is 0 Å². The highest BCUT2D eigenvalue weighted by molar-refractivity contribution is 8.00. The summed E-state index contributed by atoms with van der Waals surface area (Å²) in [6.45, 7) is 7.01. The molecule has 0 spiro atoms. The number of halogens is 1. The molecule has 0 radical (unpaired) electrons. The van der Waals surface area contributed by atoms with E-state index in [-0.39, 0.29) is 74.4 Å². The summed E-state index contributed by atoms with van der Waals surface area (Å²) in [5, 5.41) is 14.4. The third-order valence-electron chi connectivity index (χ3n) is 14.3. The second-order valence-corrected chi connectivity index (χ2v) is 21.8. The standard InChI is InChI=1S/C50H65ClN4O16S/c1-28-10-8-11-37(66-7)50(64)26-34(68-47(63)52-50)35-25-49(4,70-35)38(24-41(58)53(5)32-21-30(20-28)22-33(65-6)43(32)51)69-46(62)48(2,3)67-18-9-19-72-36-23-42(59)54(44(36)60)27-29-12-14-31(15-13-29)45(61)71-55-39(56)16-17-40(55)57/h8,10-11,21-22,29,31,34-38,64H,9,12-20,23-27H2,1-7H3,(H,52,63)/b11-8+,28-10+/t29-,31-,34?,35-,36?,37-,38+,49-,50+/m1/s1. The van der Waals surface area contributed by atoms with E-state index < -0.39 is 88.3 Å². The molecule has 6 heterocycles. The van der Waals surface area contributed by atoms with Crippen molar-refractivity contribution in [2.24, 2.45) is 11.8 Å². The van der Waals surface area contributed by atoms with Crippen LogP contribution in [0, 0.1) is 11.8 Å². The van der Waals surface area contributed by atoms with E-state index in [1.54, 1.807) is 52.1 Å². The molecule has 72 heavy (non-hydrogen) atoms. The largest absolute Gasteiger partial charge is 0.495 e. The van der Waals surface area contributed by atoms with Gasteiger partial charge in [-0.3, -0.25) is 34.2 Å².